The van der Waals surface area contributed by atoms with E-state index in [1.54, 1.807) is 31.4 Å². The van der Waals surface area contributed by atoms with Crippen molar-refractivity contribution in [3.8, 4) is 17.2 Å². The molecule has 44 heavy (non-hydrogen) atoms. The molecule has 5 nitrogen and oxygen atoms in total. The van der Waals surface area contributed by atoms with Crippen LogP contribution in [0.15, 0.2) is 114 Å². The number of hydrogen-bond donors (Lipinski definition) is 1. The Kier molecular flexibility index (Phi) is 14.3. The molecule has 0 fully saturated rings. The van der Waals surface area contributed by atoms with Gasteiger partial charge in [0.05, 0.1) is 7.11 Å². The van der Waals surface area contributed by atoms with E-state index in [9.17, 15) is 8.42 Å². The Morgan fingerprint density at radius 2 is 1.41 bits per heavy atom. The summed E-state index contributed by atoms with van der Waals surface area (Å²) in [6.07, 6.45) is 1.76. The minimum atomic E-state index is -3.97. The van der Waals surface area contributed by atoms with Crippen LogP contribution in [-0.4, -0.2) is 30.1 Å². The molecule has 9 heteroatoms. The molecule has 0 saturated carbocycles. The quantitative estimate of drug-likeness (QED) is 0.0904. The first-order valence-electron chi connectivity index (χ1n) is 14.3. The average molecular weight is 732 g/mol. The molecule has 0 bridgehead atoms. The number of nitrogens with zero attached hydrogens (tertiary/aromatic N) is 1. The Morgan fingerprint density at radius 1 is 0.841 bits per heavy atom. The molecule has 0 amide bonds. The Hall–Kier alpha value is -2.76. The summed E-state index contributed by atoms with van der Waals surface area (Å²) >= 11 is 1.82. The van der Waals surface area contributed by atoms with Crippen molar-refractivity contribution in [1.82, 2.24) is 5.32 Å². The number of rotatable bonds is 12. The van der Waals surface area contributed by atoms with Gasteiger partial charge in [0.25, 0.3) is 0 Å². The fourth-order valence-corrected chi connectivity index (χ4v) is 6.22. The van der Waals surface area contributed by atoms with Crippen molar-refractivity contribution >= 4 is 27.8 Å². The predicted octanol–water partition coefficient (Wildman–Crippen LogP) is 8.38. The summed E-state index contributed by atoms with van der Waals surface area (Å²) in [5.41, 5.74) is 7.16. The first kappa shape index (κ1) is 35.7. The van der Waals surface area contributed by atoms with Gasteiger partial charge in [0.2, 0.25) is 0 Å². The van der Waals surface area contributed by atoms with Crippen molar-refractivity contribution in [1.29, 1.82) is 0 Å². The molecule has 0 heterocycles. The van der Waals surface area contributed by atoms with E-state index in [-0.39, 0.29) is 10.9 Å². The maximum atomic E-state index is 13.7. The van der Waals surface area contributed by atoms with Gasteiger partial charge in [-0.25, -0.2) is 8.42 Å². The second kappa shape index (κ2) is 17.7. The molecule has 0 saturated heterocycles. The van der Waals surface area contributed by atoms with Crippen LogP contribution in [0.3, 0.4) is 0 Å². The fraction of sp³-hybridized carbons (Fsp3) is 0.257. The van der Waals surface area contributed by atoms with E-state index in [4.69, 9.17) is 4.74 Å². The van der Waals surface area contributed by atoms with Gasteiger partial charge in [-0.15, -0.1) is 5.54 Å². The van der Waals surface area contributed by atoms with Crippen LogP contribution in [0.1, 0.15) is 40.8 Å². The van der Waals surface area contributed by atoms with E-state index in [1.165, 1.54) is 5.56 Å². The van der Waals surface area contributed by atoms with Gasteiger partial charge < -0.3 is 14.8 Å². The van der Waals surface area contributed by atoms with Crippen LogP contribution >= 0.6 is 9.69 Å². The van der Waals surface area contributed by atoms with E-state index >= 15 is 0 Å². The molecule has 1 N–H and O–H groups in total. The molecule has 232 valence electrons. The van der Waals surface area contributed by atoms with Crippen LogP contribution in [-0.2, 0) is 33.8 Å². The van der Waals surface area contributed by atoms with Crippen molar-refractivity contribution in [2.45, 2.75) is 49.5 Å². The van der Waals surface area contributed by atoms with Crippen molar-refractivity contribution in [3.63, 3.8) is 0 Å². The molecule has 0 spiro atoms. The molecular weight excluding hydrogens is 693 g/mol. The summed E-state index contributed by atoms with van der Waals surface area (Å²) in [5.74, 6) is 4.02. The second-order valence-corrected chi connectivity index (χ2v) is 17.6. The van der Waals surface area contributed by atoms with Crippen molar-refractivity contribution in [3.05, 3.63) is 136 Å². The van der Waals surface area contributed by atoms with Gasteiger partial charge in [-0.1, -0.05) is 110 Å². The summed E-state index contributed by atoms with van der Waals surface area (Å²) in [6.45, 7) is 7.22. The molecule has 4 rings (SSSR count). The molecule has 0 radical (unpaired) electrons. The molecule has 0 unspecified atom stereocenters. The van der Waals surface area contributed by atoms with E-state index < -0.39 is 24.1 Å². The third kappa shape index (κ3) is 11.3. The van der Waals surface area contributed by atoms with Crippen LogP contribution in [0, 0.1) is 11.5 Å². The van der Waals surface area contributed by atoms with Crippen LogP contribution in [0.2, 0.25) is 19.6 Å². The Morgan fingerprint density at radius 3 is 1.95 bits per heavy atom. The van der Waals surface area contributed by atoms with Gasteiger partial charge in [-0.3, -0.25) is 0 Å². The number of methoxy groups -OCH3 is 1. The van der Waals surface area contributed by atoms with E-state index in [2.05, 4.69) is 63.0 Å². The predicted molar refractivity (Wildman–Crippen MR) is 181 cm³/mol. The zero-order chi connectivity index (χ0) is 32.0. The molecule has 0 aliphatic rings. The van der Waals surface area contributed by atoms with Gasteiger partial charge in [0, 0.05) is 16.5 Å². The van der Waals surface area contributed by atoms with E-state index in [0.29, 0.717) is 6.54 Å². The standard InChI is InChI=1S/C35H39N2O3SSi.ClH.Ru/c1-40-32-21-17-28(18-22-32)12-11-26-36-34(30-13-7-5-8-14-30)35(31-15-9-6-10-16-31)37-41(38,39)33-23-19-29(20-24-33)25-27-42(2,3)4;;/h5-10,13-24,34-36H,11-12,26H2,1-4H3;1H;/q-1;;+2/p-1/t34-,35+;;/m0../s1. The first-order valence-corrected chi connectivity index (χ1v) is 21.5. The summed E-state index contributed by atoms with van der Waals surface area (Å²) in [5, 5.41) is 3.64. The van der Waals surface area contributed by atoms with Gasteiger partial charge in [0.15, 0.2) is 0 Å². The minimum absolute atomic E-state index is 0.160. The number of aryl methyl sites for hydroxylation is 1. The zero-order valence-electron chi connectivity index (χ0n) is 25.5. The zero-order valence-corrected chi connectivity index (χ0v) is 29.8. The summed E-state index contributed by atoms with van der Waals surface area (Å²) in [4.78, 5) is 0.160. The monoisotopic (exact) mass is 732 g/mol. The number of sulfonamides is 1. The van der Waals surface area contributed by atoms with Crippen LogP contribution in [0.5, 0.6) is 5.75 Å². The molecule has 0 aliphatic carbocycles. The van der Waals surface area contributed by atoms with E-state index in [0.717, 1.165) is 35.3 Å². The van der Waals surface area contributed by atoms with Crippen molar-refractivity contribution in [2.24, 2.45) is 0 Å². The Balaban J connectivity index is 0.00000259. The van der Waals surface area contributed by atoms with Gasteiger partial charge in [-0.2, -0.15) is 0 Å². The summed E-state index contributed by atoms with van der Waals surface area (Å²) < 4.78 is 37.3. The Bertz CT molecular complexity index is 1590. The number of nitrogens with one attached hydrogen (secondary N) is 1. The topological polar surface area (TPSA) is 69.5 Å². The molecule has 2 atom stereocenters. The first-order chi connectivity index (χ1) is 21.1. The van der Waals surface area contributed by atoms with Gasteiger partial charge >= 0.3 is 27.0 Å². The molecule has 0 aliphatic heterocycles. The SMILES string of the molecule is COc1ccc(CCCN[C@@H](c2ccccc2)[C@H]([N-]S(=O)(=O)c2ccc(C#C[Si](C)(C)C)cc2)c2ccccc2)cc1.[Cl][Ru+]. The van der Waals surface area contributed by atoms with Crippen molar-refractivity contribution < 1.29 is 30.5 Å². The third-order valence-electron chi connectivity index (χ3n) is 6.77. The number of ether oxygens (including phenoxy) is 1. The second-order valence-electron chi connectivity index (χ2n) is 11.3. The van der Waals surface area contributed by atoms with Crippen molar-refractivity contribution in [2.75, 3.05) is 13.7 Å². The molecule has 4 aromatic rings. The van der Waals surface area contributed by atoms with Crippen LogP contribution < -0.4 is 10.1 Å². The van der Waals surface area contributed by atoms with E-state index in [1.807, 2.05) is 90.1 Å². The van der Waals surface area contributed by atoms with Gasteiger partial charge in [-0.05, 0) is 66.9 Å². The van der Waals surface area contributed by atoms with Crippen LogP contribution in [0.4, 0.5) is 0 Å². The average Bonchev–Trinajstić information content (AvgIpc) is 3.05. The molecule has 4 aromatic carbocycles. The van der Waals surface area contributed by atoms with Gasteiger partial charge in [0.1, 0.15) is 23.8 Å². The fourth-order valence-electron chi connectivity index (χ4n) is 4.56. The normalized spacial score (nSPS) is 12.6. The molecular formula is C35H39ClN2O3RuSSi. The molecule has 0 aromatic heterocycles. The number of halogens is 1. The van der Waals surface area contributed by atoms with Crippen LogP contribution in [0.25, 0.3) is 4.72 Å². The third-order valence-corrected chi connectivity index (χ3v) is 9.01. The summed E-state index contributed by atoms with van der Waals surface area (Å²) in [6, 6.07) is 33.4. The number of hydrogen-bond acceptors (Lipinski definition) is 4. The summed E-state index contributed by atoms with van der Waals surface area (Å²) in [7, 11) is 0.723. The number of benzene rings is 4. The Labute approximate surface area is 278 Å². The maximum absolute atomic E-state index is 13.7.